The number of aliphatic imine (C=N–C) groups is 1. The summed E-state index contributed by atoms with van der Waals surface area (Å²) in [5.74, 6) is 0.310. The summed E-state index contributed by atoms with van der Waals surface area (Å²) in [5, 5.41) is 7.97. The van der Waals surface area contributed by atoms with Crippen LogP contribution in [-0.4, -0.2) is 16.7 Å². The van der Waals surface area contributed by atoms with Gasteiger partial charge in [0.1, 0.15) is 0 Å². The average molecular weight is 840 g/mol. The summed E-state index contributed by atoms with van der Waals surface area (Å²) in [7, 11) is 0. The molecule has 4 aliphatic rings. The first-order valence-electron chi connectivity index (χ1n) is 22.2. The molecule has 0 saturated heterocycles. The summed E-state index contributed by atoms with van der Waals surface area (Å²) in [6.07, 6.45) is 10.9. The van der Waals surface area contributed by atoms with Crippen LogP contribution < -0.4 is 10.6 Å². The summed E-state index contributed by atoms with van der Waals surface area (Å²) in [4.78, 5) is 6.85. The topological polar surface area (TPSA) is 36.4 Å². The molecule has 8 aromatic rings. The Balaban J connectivity index is 1.03. The summed E-state index contributed by atoms with van der Waals surface area (Å²) in [6, 6.07) is 72.9. The monoisotopic (exact) mass is 839 g/mol. The van der Waals surface area contributed by atoms with Gasteiger partial charge >= 0.3 is 0 Å². The van der Waals surface area contributed by atoms with Crippen LogP contribution in [0, 0.1) is 0 Å². The number of hydrogen-bond acceptors (Lipinski definition) is 4. The van der Waals surface area contributed by atoms with E-state index in [4.69, 9.17) is 4.99 Å². The zero-order valence-electron chi connectivity index (χ0n) is 35.4. The largest absolute Gasteiger partial charge is 0.346 e. The van der Waals surface area contributed by atoms with Crippen LogP contribution in [0.4, 0.5) is 5.69 Å². The fraction of sp³-hybridized carbons (Fsp3) is 0.0833. The van der Waals surface area contributed by atoms with E-state index in [1.54, 1.807) is 0 Å². The van der Waals surface area contributed by atoms with E-state index in [-0.39, 0.29) is 4.75 Å². The molecule has 0 amide bonds. The van der Waals surface area contributed by atoms with Gasteiger partial charge in [0.05, 0.1) is 11.1 Å². The molecular formula is C60H45N3S. The summed E-state index contributed by atoms with van der Waals surface area (Å²) in [6.45, 7) is 2.36. The highest BCUT2D eigenvalue weighted by Gasteiger charge is 2.46. The highest BCUT2D eigenvalue weighted by atomic mass is 32.2. The number of fused-ring (bicyclic) bond motifs is 6. The molecule has 3 unspecified atom stereocenters. The average Bonchev–Trinajstić information content (AvgIpc) is 3.84. The van der Waals surface area contributed by atoms with Gasteiger partial charge in [0.15, 0.2) is 6.29 Å². The number of rotatable bonds is 8. The van der Waals surface area contributed by atoms with Crippen molar-refractivity contribution in [3.63, 3.8) is 0 Å². The van der Waals surface area contributed by atoms with Gasteiger partial charge in [-0.2, -0.15) is 0 Å². The highest BCUT2D eigenvalue weighted by Crippen LogP contribution is 2.58. The van der Waals surface area contributed by atoms with Crippen molar-refractivity contribution in [2.75, 3.05) is 5.32 Å². The molecule has 2 aliphatic carbocycles. The lowest BCUT2D eigenvalue weighted by Crippen LogP contribution is -2.38. The van der Waals surface area contributed by atoms with E-state index >= 15 is 0 Å². The van der Waals surface area contributed by atoms with Crippen LogP contribution in [-0.2, 0) is 5.41 Å². The molecule has 2 heterocycles. The van der Waals surface area contributed by atoms with Gasteiger partial charge < -0.3 is 10.6 Å². The van der Waals surface area contributed by atoms with E-state index in [1.165, 1.54) is 55.0 Å². The molecule has 0 spiro atoms. The number of nitrogens with zero attached hydrogens (tertiary/aromatic N) is 1. The Morgan fingerprint density at radius 1 is 0.531 bits per heavy atom. The van der Waals surface area contributed by atoms with E-state index in [2.05, 4.69) is 248 Å². The number of allylic oxidation sites excluding steroid dienone is 4. The Morgan fingerprint density at radius 3 is 1.91 bits per heavy atom. The summed E-state index contributed by atoms with van der Waals surface area (Å²) in [5.41, 5.74) is 18.2. The third kappa shape index (κ3) is 6.24. The molecule has 0 fully saturated rings. The minimum absolute atomic E-state index is 0.0434. The lowest BCUT2D eigenvalue weighted by Gasteiger charge is -2.35. The molecule has 64 heavy (non-hydrogen) atoms. The highest BCUT2D eigenvalue weighted by molar-refractivity contribution is 8.01. The van der Waals surface area contributed by atoms with E-state index in [9.17, 15) is 0 Å². The molecule has 3 nitrogen and oxygen atoms in total. The molecule has 2 N–H and O–H groups in total. The molecule has 0 bridgehead atoms. The SMILES string of the molecule is CC12C=CC=CC1c1cccc(C3=CC(c4cccc(-c5ccccc5)c4)=NC(Nc4cc(C5(c6ccccc6)c6ccccc6-c6ccccc65)ccc4-c4ccccc4)N3)c1S2. The Labute approximate surface area is 379 Å². The molecular weight excluding hydrogens is 795 g/mol. The number of benzene rings is 8. The van der Waals surface area contributed by atoms with E-state index < -0.39 is 11.7 Å². The second-order valence-electron chi connectivity index (χ2n) is 17.3. The molecule has 4 heteroatoms. The zero-order valence-corrected chi connectivity index (χ0v) is 36.3. The minimum Gasteiger partial charge on any atom is -0.346 e. The summed E-state index contributed by atoms with van der Waals surface area (Å²) >= 11 is 1.97. The third-order valence-electron chi connectivity index (χ3n) is 13.5. The van der Waals surface area contributed by atoms with Gasteiger partial charge in [0.25, 0.3) is 0 Å². The van der Waals surface area contributed by atoms with Crippen LogP contribution in [0.2, 0.25) is 0 Å². The van der Waals surface area contributed by atoms with Crippen molar-refractivity contribution in [2.45, 2.75) is 34.2 Å². The van der Waals surface area contributed by atoms with Gasteiger partial charge in [-0.25, -0.2) is 4.99 Å². The lowest BCUT2D eigenvalue weighted by atomic mass is 9.67. The maximum absolute atomic E-state index is 5.54. The van der Waals surface area contributed by atoms with Gasteiger partial charge in [-0.05, 0) is 80.8 Å². The van der Waals surface area contributed by atoms with Crippen molar-refractivity contribution < 1.29 is 0 Å². The first-order chi connectivity index (χ1) is 31.6. The number of anilines is 1. The standard InChI is InChI=1S/C60H45N3S/c1-59-36-16-15-31-51(59)49-29-18-30-50(57(49)64-59)56-39-54(43-24-17-23-42(37-43)40-19-5-2-6-20-40)61-58(63-56)62-55-38-45(34-35-46(55)41-21-7-3-8-22-41)60(44-25-9-4-10-26-44)52-32-13-11-27-47(52)48-28-12-14-33-53(48)60/h2-39,51,58,62-63H,1H3. The Bertz CT molecular complexity index is 3170. The third-order valence-corrected chi connectivity index (χ3v) is 15.0. The second kappa shape index (κ2) is 15.4. The maximum Gasteiger partial charge on any atom is 0.194 e. The molecule has 306 valence electrons. The van der Waals surface area contributed by atoms with Gasteiger partial charge in [0.2, 0.25) is 0 Å². The first-order valence-corrected chi connectivity index (χ1v) is 23.0. The Hall–Kier alpha value is -7.40. The molecule has 3 atom stereocenters. The summed E-state index contributed by atoms with van der Waals surface area (Å²) < 4.78 is -0.0434. The van der Waals surface area contributed by atoms with Crippen molar-refractivity contribution in [1.29, 1.82) is 0 Å². The number of nitrogens with one attached hydrogen (secondary N) is 2. The molecule has 12 rings (SSSR count). The number of hydrogen-bond donors (Lipinski definition) is 2. The number of thioether (sulfide) groups is 1. The van der Waals surface area contributed by atoms with Gasteiger partial charge in [-0.1, -0.05) is 212 Å². The molecule has 2 aliphatic heterocycles. The predicted octanol–water partition coefficient (Wildman–Crippen LogP) is 14.3. The first kappa shape index (κ1) is 38.3. The molecule has 0 aromatic heterocycles. The maximum atomic E-state index is 5.54. The van der Waals surface area contributed by atoms with Crippen LogP contribution in [0.15, 0.2) is 240 Å². The van der Waals surface area contributed by atoms with Crippen LogP contribution in [0.5, 0.6) is 0 Å². The van der Waals surface area contributed by atoms with E-state index in [1.807, 2.05) is 11.8 Å². The predicted molar refractivity (Wildman–Crippen MR) is 268 cm³/mol. The lowest BCUT2D eigenvalue weighted by molar-refractivity contribution is 0.691. The molecule has 8 aromatic carbocycles. The van der Waals surface area contributed by atoms with Crippen LogP contribution in [0.25, 0.3) is 39.1 Å². The second-order valence-corrected chi connectivity index (χ2v) is 18.8. The minimum atomic E-state index is -0.547. The van der Waals surface area contributed by atoms with Crippen molar-refractivity contribution >= 4 is 28.9 Å². The van der Waals surface area contributed by atoms with E-state index in [0.717, 1.165) is 39.3 Å². The van der Waals surface area contributed by atoms with Crippen LogP contribution >= 0.6 is 11.8 Å². The molecule has 0 saturated carbocycles. The van der Waals surface area contributed by atoms with Crippen LogP contribution in [0.1, 0.15) is 51.8 Å². The van der Waals surface area contributed by atoms with Crippen molar-refractivity contribution in [3.8, 4) is 33.4 Å². The van der Waals surface area contributed by atoms with Crippen LogP contribution in [0.3, 0.4) is 0 Å². The fourth-order valence-electron chi connectivity index (χ4n) is 10.6. The Morgan fingerprint density at radius 2 is 1.16 bits per heavy atom. The smallest absolute Gasteiger partial charge is 0.194 e. The zero-order chi connectivity index (χ0) is 42.7. The van der Waals surface area contributed by atoms with Crippen molar-refractivity contribution in [3.05, 3.63) is 270 Å². The van der Waals surface area contributed by atoms with Gasteiger partial charge in [-0.15, -0.1) is 11.8 Å². The van der Waals surface area contributed by atoms with Gasteiger partial charge in [-0.3, -0.25) is 0 Å². The van der Waals surface area contributed by atoms with Gasteiger partial charge in [0, 0.05) is 43.6 Å². The fourth-order valence-corrected chi connectivity index (χ4v) is 12.1. The quantitative estimate of drug-likeness (QED) is 0.160. The van der Waals surface area contributed by atoms with Crippen molar-refractivity contribution in [1.82, 2.24) is 5.32 Å². The Kier molecular flexibility index (Phi) is 9.24. The van der Waals surface area contributed by atoms with E-state index in [0.29, 0.717) is 5.92 Å². The normalized spacial score (nSPS) is 19.6. The van der Waals surface area contributed by atoms with Crippen molar-refractivity contribution in [2.24, 2.45) is 4.99 Å². The molecule has 0 radical (unpaired) electrons.